The molecule has 4 nitrogen and oxygen atoms in total. The van der Waals surface area contributed by atoms with Crippen molar-refractivity contribution in [1.29, 1.82) is 0 Å². The Balaban J connectivity index is 2.17. The van der Waals surface area contributed by atoms with Gasteiger partial charge in [-0.15, -0.1) is 0 Å². The molecule has 16 heavy (non-hydrogen) atoms. The van der Waals surface area contributed by atoms with Crippen LogP contribution in [0.2, 0.25) is 0 Å². The van der Waals surface area contributed by atoms with E-state index < -0.39 is 24.7 Å². The van der Waals surface area contributed by atoms with Gasteiger partial charge in [0.25, 0.3) is 0 Å². The highest BCUT2D eigenvalue weighted by Gasteiger charge is 2.31. The van der Waals surface area contributed by atoms with Gasteiger partial charge in [-0.3, -0.25) is 4.79 Å². The monoisotopic (exact) mass is 238 g/mol. The maximum atomic E-state index is 11.6. The Bertz CT molecular complexity index is 304. The van der Waals surface area contributed by atoms with E-state index in [4.69, 9.17) is 0 Å². The summed E-state index contributed by atoms with van der Waals surface area (Å²) in [4.78, 5) is 21.6. The number of esters is 2. The summed E-state index contributed by atoms with van der Waals surface area (Å²) < 4.78 is 43.1. The van der Waals surface area contributed by atoms with Crippen LogP contribution in [0.5, 0.6) is 0 Å². The molecule has 0 aliphatic heterocycles. The van der Waals surface area contributed by atoms with Crippen molar-refractivity contribution in [1.82, 2.24) is 0 Å². The number of ether oxygens (including phenoxy) is 2. The van der Waals surface area contributed by atoms with E-state index in [9.17, 15) is 22.8 Å². The van der Waals surface area contributed by atoms with Gasteiger partial charge in [0.05, 0.1) is 12.0 Å². The highest BCUT2D eigenvalue weighted by atomic mass is 19.4. The summed E-state index contributed by atoms with van der Waals surface area (Å²) in [6, 6.07) is 0. The molecule has 1 rings (SSSR count). The Hall–Kier alpha value is -1.53. The van der Waals surface area contributed by atoms with Crippen molar-refractivity contribution in [3.63, 3.8) is 0 Å². The van der Waals surface area contributed by atoms with Crippen LogP contribution in [0.1, 0.15) is 12.8 Å². The second-order valence-corrected chi connectivity index (χ2v) is 3.24. The molecule has 0 saturated heterocycles. The molecule has 0 unspecified atom stereocenters. The fraction of sp³-hybridized carbons (Fsp3) is 0.556. The molecule has 0 aromatic heterocycles. The predicted molar refractivity (Wildman–Crippen MR) is 45.0 cm³/mol. The number of halogens is 3. The molecule has 0 amide bonds. The third-order valence-electron chi connectivity index (χ3n) is 1.68. The Kier molecular flexibility index (Phi) is 3.92. The van der Waals surface area contributed by atoms with E-state index in [1.807, 2.05) is 0 Å². The molecule has 1 aliphatic rings. The van der Waals surface area contributed by atoms with Crippen LogP contribution in [0.4, 0.5) is 13.2 Å². The molecule has 0 atom stereocenters. The molecule has 1 saturated carbocycles. The van der Waals surface area contributed by atoms with E-state index in [0.29, 0.717) is 6.08 Å². The first-order valence-corrected chi connectivity index (χ1v) is 4.49. The van der Waals surface area contributed by atoms with Crippen molar-refractivity contribution < 1.29 is 32.2 Å². The van der Waals surface area contributed by atoms with Crippen LogP contribution in [-0.2, 0) is 19.1 Å². The summed E-state index contributed by atoms with van der Waals surface area (Å²) in [7, 11) is 0. The predicted octanol–water partition coefficient (Wildman–Crippen LogP) is 1.56. The minimum Gasteiger partial charge on any atom is -0.453 e. The zero-order valence-corrected chi connectivity index (χ0v) is 8.12. The second-order valence-electron chi connectivity index (χ2n) is 3.24. The summed E-state index contributed by atoms with van der Waals surface area (Å²) in [6.07, 6.45) is -1.71. The van der Waals surface area contributed by atoms with Crippen molar-refractivity contribution in [2.75, 3.05) is 6.61 Å². The van der Waals surface area contributed by atoms with Gasteiger partial charge in [0.2, 0.25) is 0 Å². The van der Waals surface area contributed by atoms with Gasteiger partial charge in [-0.2, -0.15) is 13.2 Å². The zero-order valence-electron chi connectivity index (χ0n) is 8.12. The first-order valence-electron chi connectivity index (χ1n) is 4.49. The van der Waals surface area contributed by atoms with Gasteiger partial charge in [-0.05, 0) is 12.8 Å². The van der Waals surface area contributed by atoms with Crippen LogP contribution >= 0.6 is 0 Å². The molecule has 1 fully saturated rings. The standard InChI is InChI=1S/C9H9F3O4/c10-9(11,12)5-16-7(13)3-4-15-8(14)6-1-2-6/h3-4,6H,1-2,5H2. The second kappa shape index (κ2) is 5.00. The van der Waals surface area contributed by atoms with E-state index in [2.05, 4.69) is 9.47 Å². The molecule has 7 heteroatoms. The Morgan fingerprint density at radius 3 is 2.44 bits per heavy atom. The summed E-state index contributed by atoms with van der Waals surface area (Å²) >= 11 is 0. The van der Waals surface area contributed by atoms with Gasteiger partial charge in [-0.25, -0.2) is 4.79 Å². The van der Waals surface area contributed by atoms with Gasteiger partial charge in [0.1, 0.15) is 6.26 Å². The van der Waals surface area contributed by atoms with E-state index >= 15 is 0 Å². The number of hydrogen-bond donors (Lipinski definition) is 0. The first-order chi connectivity index (χ1) is 7.38. The van der Waals surface area contributed by atoms with Crippen molar-refractivity contribution in [3.8, 4) is 0 Å². The number of carbonyl (C=O) groups is 2. The van der Waals surface area contributed by atoms with Crippen LogP contribution in [0.15, 0.2) is 12.3 Å². The molecule has 0 spiro atoms. The summed E-state index contributed by atoms with van der Waals surface area (Å²) in [5, 5.41) is 0. The molecule has 0 bridgehead atoms. The minimum atomic E-state index is -4.56. The molecule has 90 valence electrons. The normalized spacial score (nSPS) is 16.2. The maximum Gasteiger partial charge on any atom is 0.422 e. The Morgan fingerprint density at radius 1 is 1.31 bits per heavy atom. The van der Waals surface area contributed by atoms with Crippen LogP contribution in [0.25, 0.3) is 0 Å². The first kappa shape index (κ1) is 12.5. The third kappa shape index (κ3) is 5.38. The fourth-order valence-electron chi connectivity index (χ4n) is 0.773. The summed E-state index contributed by atoms with van der Waals surface area (Å²) in [5.41, 5.74) is 0. The molecule has 0 N–H and O–H groups in total. The zero-order chi connectivity index (χ0) is 12.2. The van der Waals surface area contributed by atoms with Gasteiger partial charge in [0.15, 0.2) is 6.61 Å². The number of carbonyl (C=O) groups excluding carboxylic acids is 2. The van der Waals surface area contributed by atoms with E-state index in [1.54, 1.807) is 0 Å². The third-order valence-corrected chi connectivity index (χ3v) is 1.68. The lowest BCUT2D eigenvalue weighted by Crippen LogP contribution is -2.19. The van der Waals surface area contributed by atoms with E-state index in [0.717, 1.165) is 19.1 Å². The molecule has 0 radical (unpaired) electrons. The smallest absolute Gasteiger partial charge is 0.422 e. The van der Waals surface area contributed by atoms with E-state index in [1.165, 1.54) is 0 Å². The lowest BCUT2D eigenvalue weighted by molar-refractivity contribution is -0.182. The van der Waals surface area contributed by atoms with Gasteiger partial charge in [-0.1, -0.05) is 0 Å². The van der Waals surface area contributed by atoms with Gasteiger partial charge < -0.3 is 9.47 Å². The minimum absolute atomic E-state index is 0.143. The van der Waals surface area contributed by atoms with Crippen LogP contribution in [-0.4, -0.2) is 24.7 Å². The quantitative estimate of drug-likeness (QED) is 0.423. The van der Waals surface area contributed by atoms with Crippen molar-refractivity contribution in [3.05, 3.63) is 12.3 Å². The van der Waals surface area contributed by atoms with Gasteiger partial charge >= 0.3 is 18.1 Å². The highest BCUT2D eigenvalue weighted by molar-refractivity contribution is 5.82. The van der Waals surface area contributed by atoms with E-state index in [-0.39, 0.29) is 5.92 Å². The van der Waals surface area contributed by atoms with Crippen LogP contribution in [0.3, 0.4) is 0 Å². The van der Waals surface area contributed by atoms with Crippen LogP contribution < -0.4 is 0 Å². The highest BCUT2D eigenvalue weighted by Crippen LogP contribution is 2.30. The Labute approximate surface area is 89.0 Å². The maximum absolute atomic E-state index is 11.6. The molecular weight excluding hydrogens is 229 g/mol. The Morgan fingerprint density at radius 2 is 1.94 bits per heavy atom. The summed E-state index contributed by atoms with van der Waals surface area (Å²) in [6.45, 7) is -1.66. The number of rotatable bonds is 4. The lowest BCUT2D eigenvalue weighted by Gasteiger charge is -2.05. The molecule has 0 heterocycles. The molecule has 1 aliphatic carbocycles. The topological polar surface area (TPSA) is 52.6 Å². The number of hydrogen-bond acceptors (Lipinski definition) is 4. The average Bonchev–Trinajstić information content (AvgIpc) is 2.96. The SMILES string of the molecule is O=C(C=COC(=O)C1CC1)OCC(F)(F)F. The van der Waals surface area contributed by atoms with Gasteiger partial charge in [0, 0.05) is 0 Å². The average molecular weight is 238 g/mol. The molecule has 0 aromatic rings. The molecular formula is C9H9F3O4. The van der Waals surface area contributed by atoms with Crippen molar-refractivity contribution in [2.45, 2.75) is 19.0 Å². The largest absolute Gasteiger partial charge is 0.453 e. The number of alkyl halides is 3. The lowest BCUT2D eigenvalue weighted by atomic mass is 10.4. The fourth-order valence-corrected chi connectivity index (χ4v) is 0.773. The summed E-state index contributed by atoms with van der Waals surface area (Å²) in [5.74, 6) is -1.84. The van der Waals surface area contributed by atoms with Crippen molar-refractivity contribution >= 4 is 11.9 Å². The van der Waals surface area contributed by atoms with Crippen LogP contribution in [0, 0.1) is 5.92 Å². The van der Waals surface area contributed by atoms with Crippen molar-refractivity contribution in [2.24, 2.45) is 5.92 Å². The molecule has 0 aromatic carbocycles.